The number of hydrogen-bond donors (Lipinski definition) is 1. The minimum atomic E-state index is -0.665. The number of ether oxygens (including phenoxy) is 2. The van der Waals surface area contributed by atoms with E-state index in [0.717, 1.165) is 46.2 Å². The lowest BCUT2D eigenvalue weighted by atomic mass is 9.98. The molecule has 1 N–H and O–H groups in total. The fourth-order valence-corrected chi connectivity index (χ4v) is 4.78. The van der Waals surface area contributed by atoms with E-state index >= 15 is 0 Å². The zero-order chi connectivity index (χ0) is 26.1. The van der Waals surface area contributed by atoms with Gasteiger partial charge >= 0.3 is 6.09 Å². The molecule has 4 aromatic rings. The molecule has 7 heteroatoms. The minimum Gasteiger partial charge on any atom is -0.456 e. The lowest BCUT2D eigenvalue weighted by Crippen LogP contribution is -2.16. The van der Waals surface area contributed by atoms with Gasteiger partial charge in [-0.05, 0) is 48.1 Å². The molecule has 1 amide bonds. The molecule has 2 aliphatic rings. The fraction of sp³-hybridized carbons (Fsp3) is 0.161. The topological polar surface area (TPSA) is 93.1 Å². The summed E-state index contributed by atoms with van der Waals surface area (Å²) in [5, 5.41) is 0. The number of H-pyrrole nitrogens is 1. The van der Waals surface area contributed by atoms with Gasteiger partial charge in [0.1, 0.15) is 23.2 Å². The van der Waals surface area contributed by atoms with Crippen molar-refractivity contribution >= 4 is 29.8 Å². The van der Waals surface area contributed by atoms with Crippen LogP contribution in [0.4, 0.5) is 10.6 Å². The fourth-order valence-electron chi connectivity index (χ4n) is 4.78. The van der Waals surface area contributed by atoms with Crippen molar-refractivity contribution in [1.29, 1.82) is 0 Å². The Balaban J connectivity index is 1.22. The van der Waals surface area contributed by atoms with Gasteiger partial charge in [-0.25, -0.2) is 9.79 Å². The zero-order valence-corrected chi connectivity index (χ0v) is 20.8. The van der Waals surface area contributed by atoms with E-state index in [-0.39, 0.29) is 0 Å². The van der Waals surface area contributed by atoms with Crippen LogP contribution >= 0.6 is 0 Å². The summed E-state index contributed by atoms with van der Waals surface area (Å²) >= 11 is 0. The van der Waals surface area contributed by atoms with Gasteiger partial charge in [0.2, 0.25) is 0 Å². The molecule has 1 fully saturated rings. The van der Waals surface area contributed by atoms with Crippen molar-refractivity contribution in [3.63, 3.8) is 0 Å². The first-order chi connectivity index (χ1) is 18.6. The maximum absolute atomic E-state index is 12.8. The SMILES string of the molecule is CC(OC(=O)N=C1C(c2ccc(-c3ccc(C4(OC=O)CC4)cc3)cc2)=Nc2[nH]ccc21)c1ccccc1. The summed E-state index contributed by atoms with van der Waals surface area (Å²) in [7, 11) is 0. The summed E-state index contributed by atoms with van der Waals surface area (Å²) in [6.07, 6.45) is 2.39. The minimum absolute atomic E-state index is 0.425. The highest BCUT2D eigenvalue weighted by Crippen LogP contribution is 2.49. The average Bonchev–Trinajstić information content (AvgIpc) is 3.45. The maximum Gasteiger partial charge on any atom is 0.434 e. The molecule has 1 aliphatic carbocycles. The third-order valence-corrected chi connectivity index (χ3v) is 7.06. The first-order valence-corrected chi connectivity index (χ1v) is 12.5. The van der Waals surface area contributed by atoms with Crippen molar-refractivity contribution in [2.24, 2.45) is 9.98 Å². The molecule has 1 aromatic heterocycles. The third-order valence-electron chi connectivity index (χ3n) is 7.06. The van der Waals surface area contributed by atoms with Crippen LogP contribution in [0.15, 0.2) is 101 Å². The van der Waals surface area contributed by atoms with Crippen molar-refractivity contribution < 1.29 is 19.1 Å². The number of carbonyl (C=O) groups is 2. The van der Waals surface area contributed by atoms with Crippen LogP contribution in [-0.4, -0.2) is 29.0 Å². The molecule has 188 valence electrons. The van der Waals surface area contributed by atoms with Crippen LogP contribution in [0, 0.1) is 0 Å². The predicted octanol–water partition coefficient (Wildman–Crippen LogP) is 6.67. The first-order valence-electron chi connectivity index (χ1n) is 12.5. The van der Waals surface area contributed by atoms with Gasteiger partial charge in [0.25, 0.3) is 6.47 Å². The van der Waals surface area contributed by atoms with E-state index in [9.17, 15) is 9.59 Å². The van der Waals surface area contributed by atoms with Gasteiger partial charge in [-0.3, -0.25) is 4.79 Å². The molecule has 0 spiro atoms. The van der Waals surface area contributed by atoms with E-state index in [1.807, 2.05) is 91.9 Å². The molecular formula is C31H25N3O4. The summed E-state index contributed by atoms with van der Waals surface area (Å²) < 4.78 is 10.9. The number of aromatic nitrogens is 1. The largest absolute Gasteiger partial charge is 0.456 e. The Bertz CT molecular complexity index is 1550. The Morgan fingerprint density at radius 3 is 2.26 bits per heavy atom. The molecule has 2 heterocycles. The highest BCUT2D eigenvalue weighted by Gasteiger charge is 2.46. The van der Waals surface area contributed by atoms with Crippen LogP contribution in [-0.2, 0) is 19.9 Å². The Morgan fingerprint density at radius 1 is 0.947 bits per heavy atom. The van der Waals surface area contributed by atoms with E-state index < -0.39 is 17.8 Å². The molecule has 3 aromatic carbocycles. The van der Waals surface area contributed by atoms with Gasteiger partial charge in [0.15, 0.2) is 0 Å². The number of hydrogen-bond acceptors (Lipinski definition) is 5. The molecule has 1 aliphatic heterocycles. The molecule has 0 radical (unpaired) electrons. The van der Waals surface area contributed by atoms with Crippen molar-refractivity contribution in [1.82, 2.24) is 4.98 Å². The maximum atomic E-state index is 12.8. The predicted molar refractivity (Wildman–Crippen MR) is 145 cm³/mol. The Labute approximate surface area is 219 Å². The van der Waals surface area contributed by atoms with E-state index in [4.69, 9.17) is 14.5 Å². The average molecular weight is 504 g/mol. The number of carbonyl (C=O) groups excluding carboxylic acids is 2. The molecule has 1 saturated carbocycles. The number of amides is 1. The summed E-state index contributed by atoms with van der Waals surface area (Å²) in [4.78, 5) is 35.7. The quantitative estimate of drug-likeness (QED) is 0.285. The number of fused-ring (bicyclic) bond motifs is 1. The monoisotopic (exact) mass is 503 g/mol. The second-order valence-corrected chi connectivity index (χ2v) is 9.46. The Hall–Kier alpha value is -4.78. The van der Waals surface area contributed by atoms with Crippen LogP contribution in [0.1, 0.15) is 48.1 Å². The number of rotatable bonds is 7. The molecular weight excluding hydrogens is 478 g/mol. The van der Waals surface area contributed by atoms with Crippen LogP contribution in [0.3, 0.4) is 0 Å². The van der Waals surface area contributed by atoms with Gasteiger partial charge in [-0.1, -0.05) is 78.9 Å². The number of nitrogens with one attached hydrogen (secondary N) is 1. The molecule has 7 nitrogen and oxygen atoms in total. The van der Waals surface area contributed by atoms with Crippen molar-refractivity contribution in [2.75, 3.05) is 0 Å². The summed E-state index contributed by atoms with van der Waals surface area (Å²) in [5.74, 6) is 0.661. The summed E-state index contributed by atoms with van der Waals surface area (Å²) in [6.45, 7) is 2.35. The molecule has 1 atom stereocenters. The van der Waals surface area contributed by atoms with Gasteiger partial charge < -0.3 is 14.5 Å². The summed E-state index contributed by atoms with van der Waals surface area (Å²) in [6, 6.07) is 27.5. The smallest absolute Gasteiger partial charge is 0.434 e. The van der Waals surface area contributed by atoms with E-state index in [0.29, 0.717) is 23.7 Å². The van der Waals surface area contributed by atoms with Crippen LogP contribution < -0.4 is 0 Å². The lowest BCUT2D eigenvalue weighted by molar-refractivity contribution is -0.136. The van der Waals surface area contributed by atoms with Crippen molar-refractivity contribution in [3.05, 3.63) is 113 Å². The van der Waals surface area contributed by atoms with Crippen LogP contribution in [0.5, 0.6) is 0 Å². The third kappa shape index (κ3) is 4.43. The normalized spacial score (nSPS) is 16.9. The van der Waals surface area contributed by atoms with Gasteiger partial charge in [-0.15, -0.1) is 0 Å². The number of aromatic amines is 1. The molecule has 0 bridgehead atoms. The number of aliphatic imine (C=N–C) groups is 2. The summed E-state index contributed by atoms with van der Waals surface area (Å²) in [5.41, 5.74) is 6.24. The highest BCUT2D eigenvalue weighted by molar-refractivity contribution is 6.57. The van der Waals surface area contributed by atoms with Gasteiger partial charge in [-0.2, -0.15) is 4.99 Å². The molecule has 6 rings (SSSR count). The number of benzene rings is 3. The van der Waals surface area contributed by atoms with Crippen LogP contribution in [0.2, 0.25) is 0 Å². The second kappa shape index (κ2) is 9.59. The second-order valence-electron chi connectivity index (χ2n) is 9.46. The number of nitrogens with zero attached hydrogens (tertiary/aromatic N) is 2. The Morgan fingerprint density at radius 2 is 1.61 bits per heavy atom. The molecule has 0 saturated heterocycles. The van der Waals surface area contributed by atoms with Crippen LogP contribution in [0.25, 0.3) is 11.1 Å². The highest BCUT2D eigenvalue weighted by atomic mass is 16.6. The first kappa shape index (κ1) is 23.6. The van der Waals surface area contributed by atoms with E-state index in [1.165, 1.54) is 0 Å². The molecule has 38 heavy (non-hydrogen) atoms. The molecule has 1 unspecified atom stereocenters. The van der Waals surface area contributed by atoms with Crippen molar-refractivity contribution in [2.45, 2.75) is 31.5 Å². The van der Waals surface area contributed by atoms with Crippen molar-refractivity contribution in [3.8, 4) is 11.1 Å². The zero-order valence-electron chi connectivity index (χ0n) is 20.8. The van der Waals surface area contributed by atoms with Gasteiger partial charge in [0.05, 0.1) is 5.71 Å². The van der Waals surface area contributed by atoms with E-state index in [2.05, 4.69) is 9.98 Å². The lowest BCUT2D eigenvalue weighted by Gasteiger charge is -2.14. The Kier molecular flexibility index (Phi) is 5.96. The van der Waals surface area contributed by atoms with E-state index in [1.54, 1.807) is 6.20 Å². The van der Waals surface area contributed by atoms with Gasteiger partial charge in [0, 0.05) is 17.3 Å². The standard InChI is InChI=1S/C31H25N3O4/c1-20(21-5-3-2-4-6-21)38-30(36)34-28-26-15-18-32-29(26)33-27(28)24-9-7-22(8-10-24)23-11-13-25(14-12-23)31(16-17-31)37-19-35/h2-15,18-20,32H,16-17H2,1H3.